The molecule has 2 saturated heterocycles. The second-order valence-corrected chi connectivity index (χ2v) is 10.3. The van der Waals surface area contributed by atoms with Crippen molar-refractivity contribution in [2.24, 2.45) is 11.8 Å². The van der Waals surface area contributed by atoms with Crippen molar-refractivity contribution in [3.05, 3.63) is 41.1 Å². The predicted molar refractivity (Wildman–Crippen MR) is 118 cm³/mol. The van der Waals surface area contributed by atoms with E-state index in [0.717, 1.165) is 12.1 Å². The Morgan fingerprint density at radius 2 is 1.94 bits per heavy atom. The zero-order valence-electron chi connectivity index (χ0n) is 19.6. The number of hydrogen-bond acceptors (Lipinski definition) is 4. The van der Waals surface area contributed by atoms with Crippen LogP contribution >= 0.6 is 0 Å². The number of ether oxygens (including phenoxy) is 1. The summed E-state index contributed by atoms with van der Waals surface area (Å²) in [6, 6.07) is 2.53. The largest absolute Gasteiger partial charge is 0.433 e. The molecule has 1 aromatic heterocycles. The molecule has 5 nitrogen and oxygen atoms in total. The Balaban J connectivity index is 1.36. The molecule has 5 rings (SSSR count). The molecule has 35 heavy (non-hydrogen) atoms. The third-order valence-corrected chi connectivity index (χ3v) is 7.85. The number of nitrogens with zero attached hydrogens (tertiary/aromatic N) is 2. The van der Waals surface area contributed by atoms with Crippen LogP contribution in [-0.2, 0) is 22.3 Å². The van der Waals surface area contributed by atoms with Gasteiger partial charge in [-0.2, -0.15) is 13.2 Å². The van der Waals surface area contributed by atoms with Crippen molar-refractivity contribution in [2.45, 2.75) is 76.5 Å². The molecule has 1 aliphatic carbocycles. The summed E-state index contributed by atoms with van der Waals surface area (Å²) in [5.74, 6) is -1.85. The summed E-state index contributed by atoms with van der Waals surface area (Å²) in [5, 5.41) is 3.47. The second kappa shape index (κ2) is 8.65. The minimum atomic E-state index is -4.71. The summed E-state index contributed by atoms with van der Waals surface area (Å²) in [7, 11) is 0. The van der Waals surface area contributed by atoms with Gasteiger partial charge in [0.2, 0.25) is 5.91 Å². The summed E-state index contributed by atoms with van der Waals surface area (Å²) in [6.07, 6.45) is -1.50. The molecule has 2 aliphatic heterocycles. The van der Waals surface area contributed by atoms with Crippen LogP contribution in [0.2, 0.25) is 0 Å². The lowest BCUT2D eigenvalue weighted by Crippen LogP contribution is -2.62. The molecule has 1 N–H and O–H groups in total. The van der Waals surface area contributed by atoms with Gasteiger partial charge in [-0.1, -0.05) is 13.8 Å². The Bertz CT molecular complexity index is 1150. The zero-order chi connectivity index (χ0) is 25.1. The third kappa shape index (κ3) is 4.18. The summed E-state index contributed by atoms with van der Waals surface area (Å²) in [5.41, 5.74) is -1.77. The number of halogens is 5. The topological polar surface area (TPSA) is 54.5 Å². The van der Waals surface area contributed by atoms with Crippen LogP contribution in [0.15, 0.2) is 18.2 Å². The van der Waals surface area contributed by atoms with E-state index in [0.29, 0.717) is 44.8 Å². The SMILES string of the molecule is CC(C)[C@H]1CO[C@]23CC[C@H](NCc4cc(C(F)(F)F)nc5cc(F)c(F)cc45)C[C@H]2CCC(=O)N13. The minimum absolute atomic E-state index is 0.00905. The molecule has 4 atom stereocenters. The first kappa shape index (κ1) is 24.4. The van der Waals surface area contributed by atoms with Gasteiger partial charge in [0.05, 0.1) is 18.2 Å². The monoisotopic (exact) mass is 497 g/mol. The number of pyridine rings is 1. The van der Waals surface area contributed by atoms with Crippen molar-refractivity contribution in [2.75, 3.05) is 6.61 Å². The number of carbonyl (C=O) groups is 1. The zero-order valence-corrected chi connectivity index (χ0v) is 19.6. The van der Waals surface area contributed by atoms with Crippen molar-refractivity contribution >= 4 is 16.8 Å². The van der Waals surface area contributed by atoms with Gasteiger partial charge in [-0.25, -0.2) is 13.8 Å². The number of piperidine rings is 1. The van der Waals surface area contributed by atoms with Crippen molar-refractivity contribution in [3.63, 3.8) is 0 Å². The van der Waals surface area contributed by atoms with Crippen molar-refractivity contribution < 1.29 is 31.5 Å². The fourth-order valence-corrected chi connectivity index (χ4v) is 6.06. The quantitative estimate of drug-likeness (QED) is 0.593. The maximum absolute atomic E-state index is 13.9. The Hall–Kier alpha value is -2.33. The molecule has 1 spiro atoms. The number of nitrogens with one attached hydrogen (secondary N) is 1. The standard InChI is InChI=1S/C25H28F5N3O2/c1-13(2)21-12-35-24-6-5-16(8-15(24)3-4-23(34)33(21)24)31-11-14-7-22(25(28,29)30)32-20-10-19(27)18(26)9-17(14)20/h7,9-10,13,15-16,21,31H,3-6,8,11-12H2,1-2H3/t15-,16+,21-,24-/m1/s1. The Labute approximate surface area is 200 Å². The van der Waals surface area contributed by atoms with Crippen molar-refractivity contribution in [1.82, 2.24) is 15.2 Å². The molecular formula is C25H28F5N3O2. The molecule has 0 radical (unpaired) electrons. The second-order valence-electron chi connectivity index (χ2n) is 10.3. The highest BCUT2D eigenvalue weighted by molar-refractivity contribution is 5.82. The van der Waals surface area contributed by atoms with Crippen LogP contribution in [0.5, 0.6) is 0 Å². The summed E-state index contributed by atoms with van der Waals surface area (Å²) >= 11 is 0. The van der Waals surface area contributed by atoms with E-state index in [4.69, 9.17) is 4.74 Å². The van der Waals surface area contributed by atoms with Gasteiger partial charge in [0.1, 0.15) is 11.4 Å². The lowest BCUT2D eigenvalue weighted by atomic mass is 9.72. The molecule has 0 unspecified atom stereocenters. The Kier molecular flexibility index (Phi) is 6.03. The molecule has 190 valence electrons. The van der Waals surface area contributed by atoms with E-state index < -0.39 is 29.2 Å². The maximum Gasteiger partial charge on any atom is 0.433 e. The van der Waals surface area contributed by atoms with Gasteiger partial charge in [0, 0.05) is 36.4 Å². The van der Waals surface area contributed by atoms with Gasteiger partial charge >= 0.3 is 6.18 Å². The van der Waals surface area contributed by atoms with Crippen molar-refractivity contribution in [3.8, 4) is 0 Å². The van der Waals surface area contributed by atoms with Gasteiger partial charge in [-0.15, -0.1) is 0 Å². The van der Waals surface area contributed by atoms with Crippen LogP contribution < -0.4 is 5.32 Å². The van der Waals surface area contributed by atoms with E-state index in [2.05, 4.69) is 24.1 Å². The van der Waals surface area contributed by atoms with E-state index in [1.807, 2.05) is 4.90 Å². The predicted octanol–water partition coefficient (Wildman–Crippen LogP) is 5.16. The number of aromatic nitrogens is 1. The molecule has 1 aromatic carbocycles. The number of fused-ring (bicyclic) bond motifs is 1. The van der Waals surface area contributed by atoms with E-state index in [1.165, 1.54) is 0 Å². The van der Waals surface area contributed by atoms with E-state index in [9.17, 15) is 26.7 Å². The first-order valence-corrected chi connectivity index (χ1v) is 12.0. The number of amides is 1. The average Bonchev–Trinajstić information content (AvgIpc) is 3.19. The number of hydrogen-bond donors (Lipinski definition) is 1. The van der Waals surface area contributed by atoms with Gasteiger partial charge in [-0.05, 0) is 49.3 Å². The van der Waals surface area contributed by atoms with Crippen LogP contribution in [0.3, 0.4) is 0 Å². The maximum atomic E-state index is 13.9. The molecule has 3 aliphatic rings. The Morgan fingerprint density at radius 1 is 1.20 bits per heavy atom. The van der Waals surface area contributed by atoms with Crippen LogP contribution in [0.4, 0.5) is 22.0 Å². The molecule has 3 heterocycles. The van der Waals surface area contributed by atoms with Crippen LogP contribution in [0.1, 0.15) is 57.2 Å². The molecule has 2 aromatic rings. The third-order valence-electron chi connectivity index (χ3n) is 7.85. The van der Waals surface area contributed by atoms with Crippen LogP contribution in [0, 0.1) is 23.5 Å². The van der Waals surface area contributed by atoms with Crippen LogP contribution in [0.25, 0.3) is 10.9 Å². The summed E-state index contributed by atoms with van der Waals surface area (Å²) in [6.45, 7) is 4.74. The Morgan fingerprint density at radius 3 is 2.66 bits per heavy atom. The van der Waals surface area contributed by atoms with Gasteiger partial charge in [0.25, 0.3) is 0 Å². The van der Waals surface area contributed by atoms with Gasteiger partial charge < -0.3 is 15.0 Å². The smallest absolute Gasteiger partial charge is 0.353 e. The van der Waals surface area contributed by atoms with Crippen LogP contribution in [-0.4, -0.2) is 40.2 Å². The van der Waals surface area contributed by atoms with E-state index in [1.54, 1.807) is 0 Å². The summed E-state index contributed by atoms with van der Waals surface area (Å²) in [4.78, 5) is 18.3. The first-order valence-electron chi connectivity index (χ1n) is 12.0. The van der Waals surface area contributed by atoms with E-state index >= 15 is 0 Å². The molecule has 3 fully saturated rings. The van der Waals surface area contributed by atoms with Gasteiger partial charge in [0.15, 0.2) is 11.6 Å². The molecule has 1 saturated carbocycles. The highest BCUT2D eigenvalue weighted by Crippen LogP contribution is 2.50. The fraction of sp³-hybridized carbons (Fsp3) is 0.600. The lowest BCUT2D eigenvalue weighted by molar-refractivity contribution is -0.188. The van der Waals surface area contributed by atoms with Gasteiger partial charge in [-0.3, -0.25) is 4.79 Å². The van der Waals surface area contributed by atoms with E-state index in [-0.39, 0.29) is 52.8 Å². The lowest BCUT2D eigenvalue weighted by Gasteiger charge is -2.52. The fourth-order valence-electron chi connectivity index (χ4n) is 6.06. The number of rotatable bonds is 4. The number of carbonyl (C=O) groups excluding carboxylic acids is 1. The molecule has 10 heteroatoms. The normalized spacial score (nSPS) is 29.1. The summed E-state index contributed by atoms with van der Waals surface area (Å²) < 4.78 is 74.1. The highest BCUT2D eigenvalue weighted by atomic mass is 19.4. The molecule has 1 amide bonds. The average molecular weight is 498 g/mol. The number of benzene rings is 1. The first-order chi connectivity index (χ1) is 16.5. The minimum Gasteiger partial charge on any atom is -0.353 e. The highest BCUT2D eigenvalue weighted by Gasteiger charge is 2.59. The molecular weight excluding hydrogens is 469 g/mol. The molecule has 0 bridgehead atoms. The van der Waals surface area contributed by atoms with Crippen molar-refractivity contribution in [1.29, 1.82) is 0 Å². The number of alkyl halides is 3.